The largest absolute Gasteiger partial charge is 0.322 e. The molecule has 0 heterocycles. The summed E-state index contributed by atoms with van der Waals surface area (Å²) in [7, 11) is 0. The van der Waals surface area contributed by atoms with E-state index in [0.29, 0.717) is 0 Å². The third-order valence-electron chi connectivity index (χ3n) is 4.28. The summed E-state index contributed by atoms with van der Waals surface area (Å²) in [6, 6.07) is -0.229. The first-order chi connectivity index (χ1) is 8.09. The van der Waals surface area contributed by atoms with E-state index >= 15 is 0 Å². The molecule has 0 aromatic heterocycles. The van der Waals surface area contributed by atoms with E-state index in [0.717, 1.165) is 24.7 Å². The molecule has 0 saturated heterocycles. The Balaban J connectivity index is 1.92. The van der Waals surface area contributed by atoms with Gasteiger partial charge in [0.2, 0.25) is 0 Å². The Morgan fingerprint density at radius 2 is 1.94 bits per heavy atom. The van der Waals surface area contributed by atoms with Crippen molar-refractivity contribution in [1.82, 2.24) is 0 Å². The molecule has 2 nitrogen and oxygen atoms in total. The van der Waals surface area contributed by atoms with Crippen molar-refractivity contribution in [3.63, 3.8) is 0 Å². The molecule has 2 N–H and O–H groups in total. The fraction of sp³-hybridized carbons (Fsp3) is 0.933. The molecular formula is C15H29NO. The molecule has 2 heteroatoms. The first-order valence-corrected chi connectivity index (χ1v) is 7.35. The molecule has 1 saturated carbocycles. The topological polar surface area (TPSA) is 43.1 Å². The van der Waals surface area contributed by atoms with E-state index in [1.807, 2.05) is 0 Å². The van der Waals surface area contributed by atoms with Gasteiger partial charge in [0.1, 0.15) is 5.78 Å². The van der Waals surface area contributed by atoms with Crippen molar-refractivity contribution < 1.29 is 4.79 Å². The van der Waals surface area contributed by atoms with Crippen LogP contribution in [-0.4, -0.2) is 11.8 Å². The summed E-state index contributed by atoms with van der Waals surface area (Å²) in [5, 5.41) is 0. The molecule has 100 valence electrons. The van der Waals surface area contributed by atoms with Crippen molar-refractivity contribution in [2.45, 2.75) is 77.7 Å². The van der Waals surface area contributed by atoms with Crippen LogP contribution in [0.3, 0.4) is 0 Å². The summed E-state index contributed by atoms with van der Waals surface area (Å²) >= 11 is 0. The average Bonchev–Trinajstić information content (AvgIpc) is 2.22. The molecule has 0 bridgehead atoms. The van der Waals surface area contributed by atoms with Crippen molar-refractivity contribution in [1.29, 1.82) is 0 Å². The highest BCUT2D eigenvalue weighted by Gasteiger charge is 2.16. The minimum absolute atomic E-state index is 0.127. The van der Waals surface area contributed by atoms with Gasteiger partial charge in [0.25, 0.3) is 0 Å². The van der Waals surface area contributed by atoms with Crippen molar-refractivity contribution >= 4 is 5.78 Å². The van der Waals surface area contributed by atoms with Crippen LogP contribution in [0.1, 0.15) is 71.6 Å². The fourth-order valence-corrected chi connectivity index (χ4v) is 2.52. The Morgan fingerprint density at radius 1 is 1.24 bits per heavy atom. The van der Waals surface area contributed by atoms with E-state index in [-0.39, 0.29) is 11.8 Å². The second kappa shape index (κ2) is 7.86. The molecule has 0 amide bonds. The zero-order valence-electron chi connectivity index (χ0n) is 11.6. The molecule has 2 unspecified atom stereocenters. The van der Waals surface area contributed by atoms with Crippen molar-refractivity contribution in [2.75, 3.05) is 0 Å². The van der Waals surface area contributed by atoms with Gasteiger partial charge in [0.15, 0.2) is 0 Å². The van der Waals surface area contributed by atoms with Crippen molar-refractivity contribution in [3.8, 4) is 0 Å². The summed E-state index contributed by atoms with van der Waals surface area (Å²) in [4.78, 5) is 11.0. The van der Waals surface area contributed by atoms with E-state index in [4.69, 9.17) is 5.73 Å². The third-order valence-corrected chi connectivity index (χ3v) is 4.28. The SMILES string of the molecule is CC(=O)C(N)CCC(C)CCCCC1CCC1. The smallest absolute Gasteiger partial charge is 0.146 e. The molecule has 0 spiro atoms. The van der Waals surface area contributed by atoms with Gasteiger partial charge in [-0.25, -0.2) is 0 Å². The van der Waals surface area contributed by atoms with Crippen molar-refractivity contribution in [2.24, 2.45) is 17.6 Å². The number of Topliss-reactive ketones (excluding diaryl/α,β-unsaturated/α-hetero) is 1. The standard InChI is InChI=1S/C15H29NO/c1-12(10-11-15(16)13(2)17)6-3-4-7-14-8-5-9-14/h12,14-15H,3-11,16H2,1-2H3. The van der Waals surface area contributed by atoms with Gasteiger partial charge in [-0.2, -0.15) is 0 Å². The van der Waals surface area contributed by atoms with Crippen LogP contribution in [0.2, 0.25) is 0 Å². The van der Waals surface area contributed by atoms with Crippen LogP contribution in [0, 0.1) is 11.8 Å². The van der Waals surface area contributed by atoms with E-state index in [9.17, 15) is 4.79 Å². The van der Waals surface area contributed by atoms with Crippen LogP contribution < -0.4 is 5.73 Å². The summed E-state index contributed by atoms with van der Waals surface area (Å²) < 4.78 is 0. The van der Waals surface area contributed by atoms with Gasteiger partial charge in [-0.05, 0) is 31.6 Å². The minimum Gasteiger partial charge on any atom is -0.322 e. The van der Waals surface area contributed by atoms with Crippen LogP contribution in [-0.2, 0) is 4.79 Å². The number of unbranched alkanes of at least 4 members (excludes halogenated alkanes) is 1. The number of carbonyl (C=O) groups is 1. The Kier molecular flexibility index (Phi) is 6.79. The predicted octanol–water partition coefficient (Wildman–Crippen LogP) is 3.68. The monoisotopic (exact) mass is 239 g/mol. The molecule has 0 aromatic carbocycles. The molecule has 1 rings (SSSR count). The maximum absolute atomic E-state index is 11.0. The highest BCUT2D eigenvalue weighted by Crippen LogP contribution is 2.31. The normalized spacial score (nSPS) is 19.7. The van der Waals surface area contributed by atoms with Crippen molar-refractivity contribution in [3.05, 3.63) is 0 Å². The predicted molar refractivity (Wildman–Crippen MR) is 72.9 cm³/mol. The van der Waals surface area contributed by atoms with Crippen LogP contribution in [0.5, 0.6) is 0 Å². The van der Waals surface area contributed by atoms with Gasteiger partial charge < -0.3 is 5.73 Å². The Labute approximate surface area is 106 Å². The maximum Gasteiger partial charge on any atom is 0.146 e. The molecule has 0 radical (unpaired) electrons. The summed E-state index contributed by atoms with van der Waals surface area (Å²) in [5.41, 5.74) is 5.74. The van der Waals surface area contributed by atoms with Crippen LogP contribution in [0.25, 0.3) is 0 Å². The first kappa shape index (κ1) is 14.7. The van der Waals surface area contributed by atoms with Gasteiger partial charge >= 0.3 is 0 Å². The number of ketones is 1. The lowest BCUT2D eigenvalue weighted by Crippen LogP contribution is -2.28. The quantitative estimate of drug-likeness (QED) is 0.624. The van der Waals surface area contributed by atoms with Gasteiger partial charge in [-0.1, -0.05) is 51.9 Å². The molecule has 0 aromatic rings. The summed E-state index contributed by atoms with van der Waals surface area (Å²) in [6.45, 7) is 3.88. The van der Waals surface area contributed by atoms with E-state index in [1.165, 1.54) is 44.9 Å². The molecule has 1 aliphatic carbocycles. The average molecular weight is 239 g/mol. The Morgan fingerprint density at radius 3 is 2.47 bits per heavy atom. The fourth-order valence-electron chi connectivity index (χ4n) is 2.52. The number of hydrogen-bond donors (Lipinski definition) is 1. The number of carbonyl (C=O) groups excluding carboxylic acids is 1. The molecule has 1 fully saturated rings. The summed E-state index contributed by atoms with van der Waals surface area (Å²) in [6.07, 6.45) is 11.9. The lowest BCUT2D eigenvalue weighted by Gasteiger charge is -2.25. The van der Waals surface area contributed by atoms with Gasteiger partial charge in [-0.15, -0.1) is 0 Å². The molecule has 2 atom stereocenters. The van der Waals surface area contributed by atoms with Gasteiger partial charge in [-0.3, -0.25) is 4.79 Å². The minimum atomic E-state index is -0.229. The van der Waals surface area contributed by atoms with E-state index in [2.05, 4.69) is 6.92 Å². The van der Waals surface area contributed by atoms with Crippen LogP contribution in [0.15, 0.2) is 0 Å². The number of nitrogens with two attached hydrogens (primary N) is 1. The number of rotatable bonds is 9. The third kappa shape index (κ3) is 6.21. The van der Waals surface area contributed by atoms with E-state index in [1.54, 1.807) is 6.92 Å². The summed E-state index contributed by atoms with van der Waals surface area (Å²) in [5.74, 6) is 1.90. The van der Waals surface area contributed by atoms with Crippen LogP contribution in [0.4, 0.5) is 0 Å². The Bertz CT molecular complexity index is 223. The second-order valence-corrected chi connectivity index (χ2v) is 5.98. The lowest BCUT2D eigenvalue weighted by molar-refractivity contribution is -0.118. The maximum atomic E-state index is 11.0. The highest BCUT2D eigenvalue weighted by atomic mass is 16.1. The van der Waals surface area contributed by atoms with Gasteiger partial charge in [0.05, 0.1) is 6.04 Å². The zero-order valence-corrected chi connectivity index (χ0v) is 11.6. The lowest BCUT2D eigenvalue weighted by atomic mass is 9.81. The van der Waals surface area contributed by atoms with E-state index < -0.39 is 0 Å². The Hall–Kier alpha value is -0.370. The molecule has 0 aliphatic heterocycles. The van der Waals surface area contributed by atoms with Crippen LogP contribution >= 0.6 is 0 Å². The molecule has 17 heavy (non-hydrogen) atoms. The second-order valence-electron chi connectivity index (χ2n) is 5.98. The highest BCUT2D eigenvalue weighted by molar-refractivity contribution is 5.80. The molecule has 1 aliphatic rings. The zero-order chi connectivity index (χ0) is 12.7. The first-order valence-electron chi connectivity index (χ1n) is 7.35. The molecular weight excluding hydrogens is 210 g/mol. The number of hydrogen-bond acceptors (Lipinski definition) is 2. The van der Waals surface area contributed by atoms with Gasteiger partial charge in [0, 0.05) is 0 Å².